The Kier molecular flexibility index (Phi) is 6.32. The number of carboxylic acid groups (broad SMARTS) is 1. The molecule has 1 N–H and O–H groups in total. The Morgan fingerprint density at radius 3 is 2.73 bits per heavy atom. The van der Waals surface area contributed by atoms with E-state index in [1.54, 1.807) is 6.07 Å². The number of carboxylic acids is 1. The molecule has 1 aliphatic heterocycles. The number of halogens is 1. The van der Waals surface area contributed by atoms with Crippen LogP contribution in [0.25, 0.3) is 11.1 Å². The molecule has 0 amide bonds. The Balaban J connectivity index is 1.11. The van der Waals surface area contributed by atoms with Gasteiger partial charge in [0.25, 0.3) is 0 Å². The van der Waals surface area contributed by atoms with Crippen molar-refractivity contribution in [1.29, 1.82) is 0 Å². The summed E-state index contributed by atoms with van der Waals surface area (Å²) in [4.78, 5) is 15.9. The Morgan fingerprint density at radius 2 is 1.95 bits per heavy atom. The summed E-state index contributed by atoms with van der Waals surface area (Å²) in [6.07, 6.45) is 2.78. The van der Waals surface area contributed by atoms with Crippen LogP contribution >= 0.6 is 0 Å². The molecule has 7 heteroatoms. The number of nitrogens with zero attached hydrogens (tertiary/aromatic N) is 1. The summed E-state index contributed by atoms with van der Waals surface area (Å²) in [6, 6.07) is 14.6. The van der Waals surface area contributed by atoms with E-state index in [1.807, 2.05) is 43.3 Å². The van der Waals surface area contributed by atoms with Crippen molar-refractivity contribution in [2.24, 2.45) is 17.8 Å². The van der Waals surface area contributed by atoms with E-state index < -0.39 is 5.97 Å². The molecule has 2 aliphatic carbocycles. The normalized spacial score (nSPS) is 22.3. The zero-order valence-electron chi connectivity index (χ0n) is 20.8. The van der Waals surface area contributed by atoms with E-state index in [9.17, 15) is 14.3 Å². The van der Waals surface area contributed by atoms with Crippen molar-refractivity contribution in [2.75, 3.05) is 19.8 Å². The molecule has 37 heavy (non-hydrogen) atoms. The van der Waals surface area contributed by atoms with E-state index >= 15 is 0 Å². The first-order chi connectivity index (χ1) is 18.0. The fourth-order valence-corrected chi connectivity index (χ4v) is 5.87. The van der Waals surface area contributed by atoms with Gasteiger partial charge in [-0.3, -0.25) is 4.79 Å². The lowest BCUT2D eigenvalue weighted by atomic mass is 10.0. The molecule has 6 nitrogen and oxygen atoms in total. The topological polar surface area (TPSA) is 77.9 Å². The first kappa shape index (κ1) is 23.9. The monoisotopic (exact) mass is 503 g/mol. The molecule has 6 rings (SSSR count). The highest BCUT2D eigenvalue weighted by atomic mass is 19.1. The first-order valence-corrected chi connectivity index (χ1v) is 12.9. The van der Waals surface area contributed by atoms with Gasteiger partial charge in [-0.2, -0.15) is 0 Å². The molecule has 3 aliphatic rings. The van der Waals surface area contributed by atoms with Crippen LogP contribution in [0.1, 0.15) is 41.1 Å². The molecule has 3 unspecified atom stereocenters. The lowest BCUT2D eigenvalue weighted by Crippen LogP contribution is -2.21. The second kappa shape index (κ2) is 9.78. The predicted molar refractivity (Wildman–Crippen MR) is 135 cm³/mol. The standard InChI is InChI=1S/C30H30FNO5/c1-17-23(5-7-27(32-17)37-15-18-8-10-35-11-9-18)19-2-6-26(31)21(12-19)16-36-22-3-4-24-20(13-22)14-25-28(24)29(25)30(33)34/h2-7,12-13,18,25,28-29H,8-11,14-16H2,1H3,(H,33,34). The average molecular weight is 504 g/mol. The van der Waals surface area contributed by atoms with Crippen molar-refractivity contribution in [3.05, 3.63) is 76.7 Å². The van der Waals surface area contributed by atoms with E-state index in [-0.39, 0.29) is 30.2 Å². The van der Waals surface area contributed by atoms with Gasteiger partial charge in [0.15, 0.2) is 0 Å². The molecule has 3 atom stereocenters. The number of carbonyl (C=O) groups is 1. The van der Waals surface area contributed by atoms with E-state index in [0.717, 1.165) is 60.4 Å². The smallest absolute Gasteiger partial charge is 0.307 e. The van der Waals surface area contributed by atoms with Crippen LogP contribution in [0.2, 0.25) is 0 Å². The van der Waals surface area contributed by atoms with Gasteiger partial charge >= 0.3 is 5.97 Å². The SMILES string of the molecule is Cc1nc(OCC2CCOCC2)ccc1-c1ccc(F)c(COc2ccc3c(c2)CC2C(C(=O)O)C32)c1. The summed E-state index contributed by atoms with van der Waals surface area (Å²) >= 11 is 0. The molecule has 0 radical (unpaired) electrons. The van der Waals surface area contributed by atoms with Crippen LogP contribution < -0.4 is 9.47 Å². The van der Waals surface area contributed by atoms with Gasteiger partial charge in [-0.15, -0.1) is 0 Å². The van der Waals surface area contributed by atoms with Gasteiger partial charge in [0.1, 0.15) is 18.2 Å². The average Bonchev–Trinajstić information content (AvgIpc) is 3.50. The van der Waals surface area contributed by atoms with Crippen molar-refractivity contribution in [2.45, 2.75) is 38.7 Å². The summed E-state index contributed by atoms with van der Waals surface area (Å²) in [5.74, 6) is 0.813. The number of aryl methyl sites for hydroxylation is 1. The maximum Gasteiger partial charge on any atom is 0.307 e. The predicted octanol–water partition coefficient (Wildman–Crippen LogP) is 5.55. The maximum atomic E-state index is 14.6. The summed E-state index contributed by atoms with van der Waals surface area (Å²) < 4.78 is 31.9. The molecule has 3 aromatic rings. The minimum atomic E-state index is -0.709. The number of fused-ring (bicyclic) bond motifs is 3. The quantitative estimate of drug-likeness (QED) is 0.434. The minimum Gasteiger partial charge on any atom is -0.489 e. The van der Waals surface area contributed by atoms with Crippen molar-refractivity contribution in [1.82, 2.24) is 4.98 Å². The largest absolute Gasteiger partial charge is 0.489 e. The summed E-state index contributed by atoms with van der Waals surface area (Å²) in [5, 5.41) is 9.31. The van der Waals surface area contributed by atoms with Crippen molar-refractivity contribution >= 4 is 5.97 Å². The number of aliphatic carboxylic acids is 1. The zero-order chi connectivity index (χ0) is 25.5. The number of benzene rings is 2. The van der Waals surface area contributed by atoms with Gasteiger partial charge in [0.05, 0.1) is 12.5 Å². The van der Waals surface area contributed by atoms with Crippen LogP contribution in [0.4, 0.5) is 4.39 Å². The molecule has 192 valence electrons. The van der Waals surface area contributed by atoms with E-state index in [1.165, 1.54) is 6.07 Å². The Hall–Kier alpha value is -3.45. The molecule has 0 bridgehead atoms. The highest BCUT2D eigenvalue weighted by Crippen LogP contribution is 2.61. The minimum absolute atomic E-state index is 0.0990. The van der Waals surface area contributed by atoms with Crippen LogP contribution in [0.15, 0.2) is 48.5 Å². The third-order valence-electron chi connectivity index (χ3n) is 8.00. The highest BCUT2D eigenvalue weighted by Gasteiger charge is 2.59. The van der Waals surface area contributed by atoms with Crippen molar-refractivity contribution < 1.29 is 28.5 Å². The summed E-state index contributed by atoms with van der Waals surface area (Å²) in [7, 11) is 0. The Labute approximate surface area is 215 Å². The second-order valence-corrected chi connectivity index (χ2v) is 10.4. The van der Waals surface area contributed by atoms with Crippen molar-refractivity contribution in [3.63, 3.8) is 0 Å². The second-order valence-electron chi connectivity index (χ2n) is 10.4. The molecule has 2 heterocycles. The van der Waals surface area contributed by atoms with Gasteiger partial charge < -0.3 is 19.3 Å². The summed E-state index contributed by atoms with van der Waals surface area (Å²) in [5.41, 5.74) is 5.33. The number of pyridine rings is 1. The van der Waals surface area contributed by atoms with Gasteiger partial charge in [-0.05, 0) is 85.0 Å². The molecule has 1 aromatic heterocycles. The van der Waals surface area contributed by atoms with E-state index in [2.05, 4.69) is 4.98 Å². The highest BCUT2D eigenvalue weighted by molar-refractivity contribution is 5.78. The molecule has 2 aromatic carbocycles. The zero-order valence-corrected chi connectivity index (χ0v) is 20.8. The number of aromatic nitrogens is 1. The maximum absolute atomic E-state index is 14.6. The van der Waals surface area contributed by atoms with E-state index in [4.69, 9.17) is 14.2 Å². The third-order valence-corrected chi connectivity index (χ3v) is 8.00. The van der Waals surface area contributed by atoms with Gasteiger partial charge in [0, 0.05) is 42.0 Å². The first-order valence-electron chi connectivity index (χ1n) is 12.9. The van der Waals surface area contributed by atoms with Crippen LogP contribution in [0, 0.1) is 30.5 Å². The Morgan fingerprint density at radius 1 is 1.11 bits per heavy atom. The van der Waals surface area contributed by atoms with Gasteiger partial charge in [-0.25, -0.2) is 9.37 Å². The number of hydrogen-bond acceptors (Lipinski definition) is 5. The molecule has 2 fully saturated rings. The van der Waals surface area contributed by atoms with Gasteiger partial charge in [0.2, 0.25) is 5.88 Å². The molecule has 1 saturated heterocycles. The molecular weight excluding hydrogens is 473 g/mol. The Bertz CT molecular complexity index is 1340. The molecular formula is C30H30FNO5. The fraction of sp³-hybridized carbons (Fsp3) is 0.400. The lowest BCUT2D eigenvalue weighted by Gasteiger charge is -2.22. The fourth-order valence-electron chi connectivity index (χ4n) is 5.87. The summed E-state index contributed by atoms with van der Waals surface area (Å²) in [6.45, 7) is 4.24. The van der Waals surface area contributed by atoms with Crippen molar-refractivity contribution in [3.8, 4) is 22.8 Å². The van der Waals surface area contributed by atoms with E-state index in [0.29, 0.717) is 29.7 Å². The molecule has 0 spiro atoms. The number of rotatable bonds is 8. The van der Waals surface area contributed by atoms with Crippen LogP contribution in [-0.4, -0.2) is 35.9 Å². The van der Waals surface area contributed by atoms with Crippen LogP contribution in [-0.2, 0) is 22.6 Å². The van der Waals surface area contributed by atoms with Crippen LogP contribution in [0.5, 0.6) is 11.6 Å². The molecule has 1 saturated carbocycles. The number of ether oxygens (including phenoxy) is 3. The lowest BCUT2D eigenvalue weighted by molar-refractivity contribution is -0.139. The number of hydrogen-bond donors (Lipinski definition) is 1. The third kappa shape index (κ3) is 4.80. The van der Waals surface area contributed by atoms with Crippen LogP contribution in [0.3, 0.4) is 0 Å². The van der Waals surface area contributed by atoms with Gasteiger partial charge in [-0.1, -0.05) is 12.1 Å².